The Balaban J connectivity index is 1.69. The first-order valence-corrected chi connectivity index (χ1v) is 6.32. The van der Waals surface area contributed by atoms with Crippen molar-refractivity contribution >= 4 is 23.5 Å². The standard InChI is InChI=1S/C11H19N7O/c12-11-16-8(6-9(17-11)18-13)14-5-1-2-10(19)15-7-3-4-7/h6-7H,1-5,13H2,(H,15,19)(H4,12,14,16,17,18). The highest BCUT2D eigenvalue weighted by Gasteiger charge is 2.22. The SMILES string of the molecule is NNc1cc(NCCCC(=O)NC2CC2)nc(N)n1. The second kappa shape index (κ2) is 6.19. The van der Waals surface area contributed by atoms with Crippen LogP contribution in [0.3, 0.4) is 0 Å². The molecular weight excluding hydrogens is 246 g/mol. The average Bonchev–Trinajstić information content (AvgIpc) is 3.18. The number of rotatable bonds is 7. The summed E-state index contributed by atoms with van der Waals surface area (Å²) < 4.78 is 0. The van der Waals surface area contributed by atoms with Gasteiger partial charge in [-0.05, 0) is 19.3 Å². The van der Waals surface area contributed by atoms with Crippen LogP contribution in [0.5, 0.6) is 0 Å². The molecule has 8 heteroatoms. The Morgan fingerprint density at radius 3 is 2.79 bits per heavy atom. The highest BCUT2D eigenvalue weighted by molar-refractivity contribution is 5.76. The minimum absolute atomic E-state index is 0.107. The molecule has 1 aliphatic rings. The van der Waals surface area contributed by atoms with Crippen LogP contribution in [0.1, 0.15) is 25.7 Å². The van der Waals surface area contributed by atoms with Crippen molar-refractivity contribution in [3.63, 3.8) is 0 Å². The molecule has 1 aromatic heterocycles. The summed E-state index contributed by atoms with van der Waals surface area (Å²) in [6.45, 7) is 0.637. The molecule has 0 saturated heterocycles. The Morgan fingerprint density at radius 2 is 2.11 bits per heavy atom. The Kier molecular flexibility index (Phi) is 4.35. The molecule has 0 bridgehead atoms. The van der Waals surface area contributed by atoms with Gasteiger partial charge in [0.2, 0.25) is 11.9 Å². The summed E-state index contributed by atoms with van der Waals surface area (Å²) in [5, 5.41) is 6.02. The zero-order valence-corrected chi connectivity index (χ0v) is 10.6. The Morgan fingerprint density at radius 1 is 1.37 bits per heavy atom. The minimum atomic E-state index is 0.107. The molecule has 1 aromatic rings. The zero-order chi connectivity index (χ0) is 13.7. The molecule has 0 atom stereocenters. The van der Waals surface area contributed by atoms with E-state index in [0.717, 1.165) is 19.3 Å². The first-order valence-electron chi connectivity index (χ1n) is 6.32. The lowest BCUT2D eigenvalue weighted by Gasteiger charge is -2.08. The zero-order valence-electron chi connectivity index (χ0n) is 10.6. The molecule has 19 heavy (non-hydrogen) atoms. The maximum Gasteiger partial charge on any atom is 0.223 e. The van der Waals surface area contributed by atoms with E-state index in [4.69, 9.17) is 11.6 Å². The van der Waals surface area contributed by atoms with Crippen LogP contribution in [0.2, 0.25) is 0 Å². The van der Waals surface area contributed by atoms with Crippen LogP contribution in [-0.4, -0.2) is 28.5 Å². The molecule has 2 rings (SSSR count). The van der Waals surface area contributed by atoms with Crippen LogP contribution in [0.25, 0.3) is 0 Å². The summed E-state index contributed by atoms with van der Waals surface area (Å²) in [5.41, 5.74) is 7.94. The summed E-state index contributed by atoms with van der Waals surface area (Å²) in [7, 11) is 0. The maximum atomic E-state index is 11.4. The van der Waals surface area contributed by atoms with Crippen molar-refractivity contribution < 1.29 is 4.79 Å². The molecule has 0 spiro atoms. The number of anilines is 3. The Bertz CT molecular complexity index is 447. The van der Waals surface area contributed by atoms with Crippen molar-refractivity contribution in [3.05, 3.63) is 6.07 Å². The summed E-state index contributed by atoms with van der Waals surface area (Å²) in [6.07, 6.45) is 3.46. The van der Waals surface area contributed by atoms with Crippen molar-refractivity contribution in [3.8, 4) is 0 Å². The number of aromatic nitrogens is 2. The van der Waals surface area contributed by atoms with E-state index >= 15 is 0 Å². The second-order valence-corrected chi connectivity index (χ2v) is 4.51. The van der Waals surface area contributed by atoms with Crippen molar-refractivity contribution in [1.82, 2.24) is 15.3 Å². The number of nitrogens with zero attached hydrogens (tertiary/aromatic N) is 2. The van der Waals surface area contributed by atoms with E-state index in [9.17, 15) is 4.79 Å². The first-order chi connectivity index (χ1) is 9.17. The number of hydrogen-bond donors (Lipinski definition) is 5. The third-order valence-electron chi connectivity index (χ3n) is 2.72. The van der Waals surface area contributed by atoms with Crippen molar-refractivity contribution in [2.75, 3.05) is 23.0 Å². The first kappa shape index (κ1) is 13.3. The van der Waals surface area contributed by atoms with Gasteiger partial charge in [-0.1, -0.05) is 0 Å². The van der Waals surface area contributed by atoms with Gasteiger partial charge in [0.05, 0.1) is 0 Å². The van der Waals surface area contributed by atoms with Crippen LogP contribution in [0.4, 0.5) is 17.6 Å². The number of nitrogen functional groups attached to an aromatic ring is 2. The number of amides is 1. The number of hydrogen-bond acceptors (Lipinski definition) is 7. The monoisotopic (exact) mass is 265 g/mol. The molecule has 104 valence electrons. The number of hydrazine groups is 1. The number of carbonyl (C=O) groups is 1. The molecule has 1 heterocycles. The second-order valence-electron chi connectivity index (χ2n) is 4.51. The van der Waals surface area contributed by atoms with E-state index < -0.39 is 0 Å². The number of carbonyl (C=O) groups excluding carboxylic acids is 1. The number of nitrogens with one attached hydrogen (secondary N) is 3. The van der Waals surface area contributed by atoms with Gasteiger partial charge < -0.3 is 21.8 Å². The average molecular weight is 265 g/mol. The van der Waals surface area contributed by atoms with Gasteiger partial charge in [-0.15, -0.1) is 0 Å². The van der Waals surface area contributed by atoms with Gasteiger partial charge in [0, 0.05) is 25.1 Å². The molecular formula is C11H19N7O. The lowest BCUT2D eigenvalue weighted by atomic mass is 10.3. The molecule has 1 fully saturated rings. The van der Waals surface area contributed by atoms with E-state index in [0.29, 0.717) is 30.6 Å². The fraction of sp³-hybridized carbons (Fsp3) is 0.545. The molecule has 1 aliphatic carbocycles. The summed E-state index contributed by atoms with van der Waals surface area (Å²) in [4.78, 5) is 19.3. The van der Waals surface area contributed by atoms with Crippen LogP contribution in [0.15, 0.2) is 6.07 Å². The smallest absolute Gasteiger partial charge is 0.223 e. The maximum absolute atomic E-state index is 11.4. The van der Waals surface area contributed by atoms with E-state index in [1.807, 2.05) is 0 Å². The fourth-order valence-electron chi connectivity index (χ4n) is 1.62. The van der Waals surface area contributed by atoms with Gasteiger partial charge in [-0.2, -0.15) is 9.97 Å². The van der Waals surface area contributed by atoms with Crippen LogP contribution >= 0.6 is 0 Å². The highest BCUT2D eigenvalue weighted by atomic mass is 16.1. The van der Waals surface area contributed by atoms with Crippen LogP contribution in [-0.2, 0) is 4.79 Å². The Hall–Kier alpha value is -2.09. The lowest BCUT2D eigenvalue weighted by molar-refractivity contribution is -0.121. The topological polar surface area (TPSA) is 131 Å². The minimum Gasteiger partial charge on any atom is -0.370 e. The largest absolute Gasteiger partial charge is 0.370 e. The van der Waals surface area contributed by atoms with Crippen molar-refractivity contribution in [2.45, 2.75) is 31.7 Å². The van der Waals surface area contributed by atoms with E-state index in [1.165, 1.54) is 0 Å². The predicted octanol–water partition coefficient (Wildman–Crippen LogP) is -0.185. The Labute approximate surface area is 111 Å². The molecule has 1 amide bonds. The summed E-state index contributed by atoms with van der Waals surface area (Å²) in [5.74, 6) is 6.54. The van der Waals surface area contributed by atoms with Gasteiger partial charge in [0.1, 0.15) is 11.6 Å². The van der Waals surface area contributed by atoms with E-state index in [2.05, 4.69) is 26.0 Å². The van der Waals surface area contributed by atoms with Gasteiger partial charge in [0.25, 0.3) is 0 Å². The lowest BCUT2D eigenvalue weighted by Crippen LogP contribution is -2.25. The third kappa shape index (κ3) is 4.59. The summed E-state index contributed by atoms with van der Waals surface area (Å²) in [6, 6.07) is 2.07. The molecule has 0 aliphatic heterocycles. The normalized spacial score (nSPS) is 13.9. The van der Waals surface area contributed by atoms with Crippen molar-refractivity contribution in [1.29, 1.82) is 0 Å². The third-order valence-corrected chi connectivity index (χ3v) is 2.72. The molecule has 0 aromatic carbocycles. The quantitative estimate of drug-likeness (QED) is 0.262. The molecule has 1 saturated carbocycles. The van der Waals surface area contributed by atoms with Gasteiger partial charge in [-0.25, -0.2) is 5.84 Å². The summed E-state index contributed by atoms with van der Waals surface area (Å²) >= 11 is 0. The van der Waals surface area contributed by atoms with Gasteiger partial charge in [-0.3, -0.25) is 4.79 Å². The van der Waals surface area contributed by atoms with Crippen molar-refractivity contribution in [2.24, 2.45) is 5.84 Å². The number of nitrogens with two attached hydrogens (primary N) is 2. The predicted molar refractivity (Wildman–Crippen MR) is 73.1 cm³/mol. The molecule has 8 nitrogen and oxygen atoms in total. The van der Waals surface area contributed by atoms with Gasteiger partial charge in [0.15, 0.2) is 0 Å². The van der Waals surface area contributed by atoms with Crippen LogP contribution in [0, 0.1) is 0 Å². The fourth-order valence-corrected chi connectivity index (χ4v) is 1.62. The highest BCUT2D eigenvalue weighted by Crippen LogP contribution is 2.18. The molecule has 7 N–H and O–H groups in total. The molecule has 0 radical (unpaired) electrons. The van der Waals surface area contributed by atoms with E-state index in [-0.39, 0.29) is 11.9 Å². The van der Waals surface area contributed by atoms with Crippen LogP contribution < -0.4 is 27.6 Å². The van der Waals surface area contributed by atoms with Gasteiger partial charge >= 0.3 is 0 Å². The molecule has 0 unspecified atom stereocenters. The van der Waals surface area contributed by atoms with E-state index in [1.54, 1.807) is 6.07 Å².